The van der Waals surface area contributed by atoms with Gasteiger partial charge in [0.2, 0.25) is 5.91 Å². The highest BCUT2D eigenvalue weighted by atomic mass is 16.5. The molecule has 6 heteroatoms. The normalized spacial score (nSPS) is 11.4. The number of carbonyl (C=O) groups is 1. The summed E-state index contributed by atoms with van der Waals surface area (Å²) < 4.78 is 4.82. The third kappa shape index (κ3) is 2.45. The lowest BCUT2D eigenvalue weighted by atomic mass is 9.93. The zero-order chi connectivity index (χ0) is 10.8. The summed E-state index contributed by atoms with van der Waals surface area (Å²) in [5, 5.41) is 6.44. The van der Waals surface area contributed by atoms with Gasteiger partial charge in [0.25, 0.3) is 0 Å². The number of amides is 1. The largest absolute Gasteiger partial charge is 0.369 e. The zero-order valence-corrected chi connectivity index (χ0v) is 8.50. The number of primary amides is 1. The van der Waals surface area contributed by atoms with Crippen LogP contribution in [0.5, 0.6) is 0 Å². The van der Waals surface area contributed by atoms with Gasteiger partial charge in [0.15, 0.2) is 5.82 Å². The predicted molar refractivity (Wildman–Crippen MR) is 50.5 cm³/mol. The molecule has 0 fully saturated rings. The summed E-state index contributed by atoms with van der Waals surface area (Å²) in [6.07, 6.45) is 0. The molecule has 1 heterocycles. The minimum absolute atomic E-state index is 0.303. The number of hydrogen-bond donors (Lipinski definition) is 2. The summed E-state index contributed by atoms with van der Waals surface area (Å²) in [4.78, 5) is 14.9. The zero-order valence-electron chi connectivity index (χ0n) is 8.50. The Hall–Kier alpha value is -1.59. The van der Waals surface area contributed by atoms with Gasteiger partial charge in [-0.1, -0.05) is 5.16 Å². The number of aryl methyl sites for hydroxylation is 1. The molecule has 14 heavy (non-hydrogen) atoms. The standard InChI is InChI=1S/C8H14N4O2/c1-5-11-7(14-12-5)10-4-8(2,3)6(9)13/h4H2,1-3H3,(H2,9,13)(H,10,11,12). The van der Waals surface area contributed by atoms with Crippen molar-refractivity contribution in [2.75, 3.05) is 11.9 Å². The molecule has 78 valence electrons. The van der Waals surface area contributed by atoms with Crippen molar-refractivity contribution in [2.24, 2.45) is 11.1 Å². The van der Waals surface area contributed by atoms with Gasteiger partial charge in [0.1, 0.15) is 0 Å². The maximum Gasteiger partial charge on any atom is 0.321 e. The fourth-order valence-corrected chi connectivity index (χ4v) is 0.753. The van der Waals surface area contributed by atoms with E-state index in [1.165, 1.54) is 0 Å². The van der Waals surface area contributed by atoms with E-state index in [0.29, 0.717) is 18.4 Å². The summed E-state index contributed by atoms with van der Waals surface area (Å²) in [5.74, 6) is 0.172. The first-order valence-electron chi connectivity index (χ1n) is 4.26. The van der Waals surface area contributed by atoms with E-state index in [1.807, 2.05) is 0 Å². The lowest BCUT2D eigenvalue weighted by Gasteiger charge is -2.19. The molecular weight excluding hydrogens is 184 g/mol. The average molecular weight is 198 g/mol. The third-order valence-corrected chi connectivity index (χ3v) is 1.88. The molecule has 0 radical (unpaired) electrons. The van der Waals surface area contributed by atoms with Crippen LogP contribution in [0.4, 0.5) is 6.01 Å². The number of nitrogens with two attached hydrogens (primary N) is 1. The van der Waals surface area contributed by atoms with Gasteiger partial charge in [-0.3, -0.25) is 4.79 Å². The van der Waals surface area contributed by atoms with Crippen molar-refractivity contribution in [2.45, 2.75) is 20.8 Å². The molecule has 0 aliphatic carbocycles. The quantitative estimate of drug-likeness (QED) is 0.725. The van der Waals surface area contributed by atoms with Gasteiger partial charge in [-0.25, -0.2) is 0 Å². The highest BCUT2D eigenvalue weighted by Gasteiger charge is 2.25. The molecule has 0 saturated heterocycles. The van der Waals surface area contributed by atoms with Crippen molar-refractivity contribution in [1.82, 2.24) is 10.1 Å². The molecule has 0 aliphatic rings. The SMILES string of the molecule is Cc1noc(NCC(C)(C)C(N)=O)n1. The van der Waals surface area contributed by atoms with Crippen LogP contribution in [0.2, 0.25) is 0 Å². The number of aromatic nitrogens is 2. The molecule has 0 aliphatic heterocycles. The van der Waals surface area contributed by atoms with E-state index in [0.717, 1.165) is 0 Å². The van der Waals surface area contributed by atoms with Crippen LogP contribution < -0.4 is 11.1 Å². The summed E-state index contributed by atoms with van der Waals surface area (Å²) in [6, 6.07) is 0.303. The van der Waals surface area contributed by atoms with Gasteiger partial charge in [-0.2, -0.15) is 4.98 Å². The Bertz CT molecular complexity index is 332. The Morgan fingerprint density at radius 2 is 2.29 bits per heavy atom. The van der Waals surface area contributed by atoms with Gasteiger partial charge in [-0.15, -0.1) is 0 Å². The first-order valence-corrected chi connectivity index (χ1v) is 4.26. The second-order valence-corrected chi connectivity index (χ2v) is 3.75. The minimum Gasteiger partial charge on any atom is -0.369 e. The van der Waals surface area contributed by atoms with Crippen LogP contribution >= 0.6 is 0 Å². The molecule has 1 amide bonds. The molecule has 0 atom stereocenters. The van der Waals surface area contributed by atoms with Crippen molar-refractivity contribution in [3.8, 4) is 0 Å². The Morgan fingerprint density at radius 1 is 1.64 bits per heavy atom. The predicted octanol–water partition coefficient (Wildman–Crippen LogP) is 0.301. The Morgan fingerprint density at radius 3 is 2.71 bits per heavy atom. The molecular formula is C8H14N4O2. The molecule has 6 nitrogen and oxygen atoms in total. The summed E-state index contributed by atoms with van der Waals surface area (Å²) in [5.41, 5.74) is 4.56. The molecule has 0 spiro atoms. The lowest BCUT2D eigenvalue weighted by Crippen LogP contribution is -2.37. The molecule has 3 N–H and O–H groups in total. The van der Waals surface area contributed by atoms with Crippen LogP contribution in [-0.2, 0) is 4.79 Å². The topological polar surface area (TPSA) is 94.0 Å². The van der Waals surface area contributed by atoms with E-state index >= 15 is 0 Å². The second-order valence-electron chi connectivity index (χ2n) is 3.75. The maximum atomic E-state index is 11.0. The molecule has 0 bridgehead atoms. The van der Waals surface area contributed by atoms with E-state index in [9.17, 15) is 4.79 Å². The Balaban J connectivity index is 2.52. The van der Waals surface area contributed by atoms with Crippen molar-refractivity contribution in [3.05, 3.63) is 5.82 Å². The van der Waals surface area contributed by atoms with E-state index in [2.05, 4.69) is 15.5 Å². The fourth-order valence-electron chi connectivity index (χ4n) is 0.753. The van der Waals surface area contributed by atoms with Crippen LogP contribution in [0, 0.1) is 12.3 Å². The summed E-state index contributed by atoms with van der Waals surface area (Å²) >= 11 is 0. The smallest absolute Gasteiger partial charge is 0.321 e. The Kier molecular flexibility index (Phi) is 2.73. The van der Waals surface area contributed by atoms with Crippen LogP contribution in [0.1, 0.15) is 19.7 Å². The molecule has 1 rings (SSSR count). The van der Waals surface area contributed by atoms with E-state index in [1.54, 1.807) is 20.8 Å². The highest BCUT2D eigenvalue weighted by molar-refractivity contribution is 5.80. The number of nitrogens with zero attached hydrogens (tertiary/aromatic N) is 2. The first-order chi connectivity index (χ1) is 6.42. The molecule has 1 aromatic heterocycles. The molecule has 1 aromatic rings. The van der Waals surface area contributed by atoms with Crippen molar-refractivity contribution in [1.29, 1.82) is 0 Å². The fraction of sp³-hybridized carbons (Fsp3) is 0.625. The van der Waals surface area contributed by atoms with Crippen LogP contribution in [0.25, 0.3) is 0 Å². The van der Waals surface area contributed by atoms with Crippen molar-refractivity contribution in [3.63, 3.8) is 0 Å². The first kappa shape index (κ1) is 10.5. The lowest BCUT2D eigenvalue weighted by molar-refractivity contribution is -0.125. The van der Waals surface area contributed by atoms with Gasteiger partial charge in [0.05, 0.1) is 5.41 Å². The number of nitrogens with one attached hydrogen (secondary N) is 1. The summed E-state index contributed by atoms with van der Waals surface area (Å²) in [7, 11) is 0. The number of anilines is 1. The van der Waals surface area contributed by atoms with Crippen LogP contribution in [0.15, 0.2) is 4.52 Å². The second kappa shape index (κ2) is 3.65. The maximum absolute atomic E-state index is 11.0. The van der Waals surface area contributed by atoms with Crippen molar-refractivity contribution >= 4 is 11.9 Å². The number of carbonyl (C=O) groups excluding carboxylic acids is 1. The minimum atomic E-state index is -0.637. The third-order valence-electron chi connectivity index (χ3n) is 1.88. The van der Waals surface area contributed by atoms with Crippen LogP contribution in [0.3, 0.4) is 0 Å². The molecule has 0 saturated carbocycles. The number of hydrogen-bond acceptors (Lipinski definition) is 5. The van der Waals surface area contributed by atoms with Gasteiger partial charge < -0.3 is 15.6 Å². The molecule has 0 unspecified atom stereocenters. The molecule has 0 aromatic carbocycles. The summed E-state index contributed by atoms with van der Waals surface area (Å²) in [6.45, 7) is 5.56. The Labute approximate surface area is 81.9 Å². The van der Waals surface area contributed by atoms with E-state index in [-0.39, 0.29) is 5.91 Å². The number of rotatable bonds is 4. The van der Waals surface area contributed by atoms with Gasteiger partial charge in [0, 0.05) is 6.54 Å². The van der Waals surface area contributed by atoms with Gasteiger partial charge >= 0.3 is 6.01 Å². The van der Waals surface area contributed by atoms with Crippen LogP contribution in [-0.4, -0.2) is 22.6 Å². The highest BCUT2D eigenvalue weighted by Crippen LogP contribution is 2.14. The van der Waals surface area contributed by atoms with Gasteiger partial charge in [-0.05, 0) is 20.8 Å². The van der Waals surface area contributed by atoms with E-state index < -0.39 is 5.41 Å². The average Bonchev–Trinajstić information content (AvgIpc) is 2.48. The van der Waals surface area contributed by atoms with Crippen molar-refractivity contribution < 1.29 is 9.32 Å². The van der Waals surface area contributed by atoms with E-state index in [4.69, 9.17) is 10.3 Å². The monoisotopic (exact) mass is 198 g/mol.